The number of rotatable bonds is 5. The highest BCUT2D eigenvalue weighted by atomic mass is 16.4. The molecule has 0 aliphatic heterocycles. The van der Waals surface area contributed by atoms with E-state index in [-0.39, 0.29) is 18.9 Å². The molecule has 0 spiro atoms. The first kappa shape index (κ1) is 13.1. The van der Waals surface area contributed by atoms with Crippen molar-refractivity contribution in [3.05, 3.63) is 10.4 Å². The average Bonchev–Trinajstić information content (AvgIpc) is 2.13. The summed E-state index contributed by atoms with van der Waals surface area (Å²) in [4.78, 5) is 25.5. The zero-order valence-electron chi connectivity index (χ0n) is 8.54. The number of carbonyl (C=O) groups excluding carboxylic acids is 1. The summed E-state index contributed by atoms with van der Waals surface area (Å²) >= 11 is 0. The molecular formula is C7H13N5O3. The van der Waals surface area contributed by atoms with Crippen molar-refractivity contribution in [3.63, 3.8) is 0 Å². The zero-order chi connectivity index (χ0) is 11.8. The molecule has 8 heteroatoms. The van der Waals surface area contributed by atoms with E-state index in [0.717, 1.165) is 0 Å². The highest BCUT2D eigenvalue weighted by molar-refractivity contribution is 5.77. The van der Waals surface area contributed by atoms with Crippen LogP contribution >= 0.6 is 0 Å². The van der Waals surface area contributed by atoms with Crippen molar-refractivity contribution in [3.8, 4) is 0 Å². The summed E-state index contributed by atoms with van der Waals surface area (Å²) in [6.07, 6.45) is -1.28. The molecule has 0 aromatic heterocycles. The van der Waals surface area contributed by atoms with Crippen LogP contribution in [-0.2, 0) is 4.79 Å². The van der Waals surface area contributed by atoms with Crippen LogP contribution in [-0.4, -0.2) is 48.7 Å². The Morgan fingerprint density at radius 1 is 1.60 bits per heavy atom. The first-order valence-corrected chi connectivity index (χ1v) is 4.17. The van der Waals surface area contributed by atoms with Gasteiger partial charge >= 0.3 is 6.09 Å². The molecule has 0 unspecified atom stereocenters. The molecule has 2 N–H and O–H groups in total. The molecule has 0 aromatic rings. The zero-order valence-corrected chi connectivity index (χ0v) is 8.54. The van der Waals surface area contributed by atoms with E-state index >= 15 is 0 Å². The fraction of sp³-hybridized carbons (Fsp3) is 0.714. The molecule has 1 atom stereocenters. The normalized spacial score (nSPS) is 11.1. The van der Waals surface area contributed by atoms with Gasteiger partial charge < -0.3 is 15.3 Å². The summed E-state index contributed by atoms with van der Waals surface area (Å²) in [5.41, 5.74) is 8.08. The van der Waals surface area contributed by atoms with Crippen molar-refractivity contribution in [1.82, 2.24) is 10.2 Å². The van der Waals surface area contributed by atoms with Gasteiger partial charge in [-0.1, -0.05) is 5.11 Å². The van der Waals surface area contributed by atoms with Crippen molar-refractivity contribution in [2.24, 2.45) is 5.11 Å². The van der Waals surface area contributed by atoms with Gasteiger partial charge in [0.05, 0.1) is 0 Å². The van der Waals surface area contributed by atoms with Crippen LogP contribution in [0.1, 0.15) is 6.42 Å². The Bertz CT molecular complexity index is 280. The van der Waals surface area contributed by atoms with Crippen LogP contribution in [0.15, 0.2) is 5.11 Å². The van der Waals surface area contributed by atoms with Crippen LogP contribution in [0.25, 0.3) is 10.4 Å². The number of nitrogens with one attached hydrogen (secondary N) is 1. The molecule has 2 amide bonds. The summed E-state index contributed by atoms with van der Waals surface area (Å²) in [6.45, 7) is -0.0810. The number of nitrogens with zero attached hydrogens (tertiary/aromatic N) is 4. The molecule has 0 aliphatic carbocycles. The van der Waals surface area contributed by atoms with E-state index in [0.29, 0.717) is 0 Å². The fourth-order valence-electron chi connectivity index (χ4n) is 0.864. The molecule has 84 valence electrons. The Morgan fingerprint density at radius 2 is 2.20 bits per heavy atom. The molecule has 0 aromatic carbocycles. The Hall–Kier alpha value is -1.95. The third kappa shape index (κ3) is 6.17. The minimum Gasteiger partial charge on any atom is -0.465 e. The highest BCUT2D eigenvalue weighted by Crippen LogP contribution is 1.97. The molecule has 0 rings (SSSR count). The van der Waals surface area contributed by atoms with Crippen molar-refractivity contribution in [2.75, 3.05) is 20.6 Å². The molecule has 0 saturated heterocycles. The third-order valence-electron chi connectivity index (χ3n) is 1.61. The van der Waals surface area contributed by atoms with Gasteiger partial charge in [-0.2, -0.15) is 0 Å². The summed E-state index contributed by atoms with van der Waals surface area (Å²) in [5.74, 6) is -0.234. The van der Waals surface area contributed by atoms with Crippen molar-refractivity contribution in [2.45, 2.75) is 12.5 Å². The molecular weight excluding hydrogens is 202 g/mol. The van der Waals surface area contributed by atoms with Crippen LogP contribution in [0.3, 0.4) is 0 Å². The molecule has 0 fully saturated rings. The van der Waals surface area contributed by atoms with Gasteiger partial charge in [0.2, 0.25) is 5.91 Å². The molecule has 8 nitrogen and oxygen atoms in total. The van der Waals surface area contributed by atoms with E-state index in [9.17, 15) is 9.59 Å². The first-order chi connectivity index (χ1) is 6.97. The van der Waals surface area contributed by atoms with Gasteiger partial charge in [-0.3, -0.25) is 4.79 Å². The van der Waals surface area contributed by atoms with Crippen molar-refractivity contribution >= 4 is 12.0 Å². The standard InChI is InChI=1S/C7H13N5O3/c1-12(2)6(13)3-5(4-9-11-8)10-7(14)15/h5,10H,3-4H2,1-2H3,(H,14,15)/t5-/m1/s1. The van der Waals surface area contributed by atoms with Crippen LogP contribution in [0, 0.1) is 0 Å². The lowest BCUT2D eigenvalue weighted by atomic mass is 10.2. The predicted octanol–water partition coefficient (Wildman–Crippen LogP) is 0.411. The topological polar surface area (TPSA) is 118 Å². The van der Waals surface area contributed by atoms with Crippen LogP contribution in [0.5, 0.6) is 0 Å². The van der Waals surface area contributed by atoms with Gasteiger partial charge in [0.15, 0.2) is 0 Å². The minimum absolute atomic E-state index is 0.0294. The summed E-state index contributed by atoms with van der Waals surface area (Å²) in [6, 6.07) is -0.687. The second kappa shape index (κ2) is 6.50. The number of hydrogen-bond donors (Lipinski definition) is 2. The number of carboxylic acid groups (broad SMARTS) is 1. The van der Waals surface area contributed by atoms with E-state index < -0.39 is 12.1 Å². The Morgan fingerprint density at radius 3 is 2.60 bits per heavy atom. The smallest absolute Gasteiger partial charge is 0.404 e. The maximum atomic E-state index is 11.3. The van der Waals surface area contributed by atoms with Gasteiger partial charge in [-0.15, -0.1) is 0 Å². The summed E-state index contributed by atoms with van der Waals surface area (Å²) in [7, 11) is 3.13. The lowest BCUT2D eigenvalue weighted by Crippen LogP contribution is -2.40. The van der Waals surface area contributed by atoms with Crippen molar-refractivity contribution in [1.29, 1.82) is 0 Å². The fourth-order valence-corrected chi connectivity index (χ4v) is 0.864. The minimum atomic E-state index is -1.25. The molecule has 0 radical (unpaired) electrons. The lowest BCUT2D eigenvalue weighted by Gasteiger charge is -2.16. The molecule has 0 heterocycles. The third-order valence-corrected chi connectivity index (χ3v) is 1.61. The maximum absolute atomic E-state index is 11.3. The van der Waals surface area contributed by atoms with Gasteiger partial charge in [0, 0.05) is 38.0 Å². The number of hydrogen-bond acceptors (Lipinski definition) is 3. The Kier molecular flexibility index (Phi) is 5.65. The second-order valence-electron chi connectivity index (χ2n) is 3.05. The second-order valence-corrected chi connectivity index (χ2v) is 3.05. The number of amides is 2. The van der Waals surface area contributed by atoms with Crippen LogP contribution in [0.4, 0.5) is 4.79 Å². The Balaban J connectivity index is 4.29. The number of carbonyl (C=O) groups is 2. The SMILES string of the molecule is CN(C)C(=O)C[C@H](CN=[N+]=[N-])NC(=O)O. The largest absolute Gasteiger partial charge is 0.465 e. The predicted molar refractivity (Wildman–Crippen MR) is 52.3 cm³/mol. The quantitative estimate of drug-likeness (QED) is 0.392. The van der Waals surface area contributed by atoms with Crippen LogP contribution < -0.4 is 5.32 Å². The van der Waals surface area contributed by atoms with E-state index in [1.165, 1.54) is 4.90 Å². The maximum Gasteiger partial charge on any atom is 0.404 e. The van der Waals surface area contributed by atoms with Crippen LogP contribution in [0.2, 0.25) is 0 Å². The molecule has 15 heavy (non-hydrogen) atoms. The van der Waals surface area contributed by atoms with E-state index in [1.54, 1.807) is 14.1 Å². The van der Waals surface area contributed by atoms with Crippen molar-refractivity contribution < 1.29 is 14.7 Å². The monoisotopic (exact) mass is 215 g/mol. The molecule has 0 bridgehead atoms. The number of azide groups is 1. The van der Waals surface area contributed by atoms with Gasteiger partial charge in [0.1, 0.15) is 0 Å². The highest BCUT2D eigenvalue weighted by Gasteiger charge is 2.16. The first-order valence-electron chi connectivity index (χ1n) is 4.17. The summed E-state index contributed by atoms with van der Waals surface area (Å²) < 4.78 is 0. The average molecular weight is 215 g/mol. The summed E-state index contributed by atoms with van der Waals surface area (Å²) in [5, 5.41) is 13.8. The van der Waals surface area contributed by atoms with E-state index in [4.69, 9.17) is 10.6 Å². The van der Waals surface area contributed by atoms with E-state index in [2.05, 4.69) is 15.3 Å². The molecule has 0 saturated carbocycles. The van der Waals surface area contributed by atoms with Gasteiger partial charge in [-0.05, 0) is 5.53 Å². The van der Waals surface area contributed by atoms with Gasteiger partial charge in [0.25, 0.3) is 0 Å². The molecule has 0 aliphatic rings. The van der Waals surface area contributed by atoms with E-state index in [1.807, 2.05) is 0 Å². The Labute approximate surface area is 86.5 Å². The van der Waals surface area contributed by atoms with Gasteiger partial charge in [-0.25, -0.2) is 4.79 Å². The lowest BCUT2D eigenvalue weighted by molar-refractivity contribution is -0.129.